The summed E-state index contributed by atoms with van der Waals surface area (Å²) in [6, 6.07) is 2.04. The summed E-state index contributed by atoms with van der Waals surface area (Å²) < 4.78 is 6.23. The zero-order chi connectivity index (χ0) is 12.9. The Kier molecular flexibility index (Phi) is 2.57. The van der Waals surface area contributed by atoms with E-state index in [1.807, 2.05) is 12.3 Å². The van der Waals surface area contributed by atoms with Crippen LogP contribution < -0.4 is 10.1 Å². The predicted molar refractivity (Wildman–Crippen MR) is 73.2 cm³/mol. The van der Waals surface area contributed by atoms with Crippen molar-refractivity contribution in [1.29, 1.82) is 0 Å². The number of rotatable bonds is 2. The van der Waals surface area contributed by atoms with Gasteiger partial charge in [0.1, 0.15) is 5.75 Å². The zero-order valence-electron chi connectivity index (χ0n) is 11.5. The number of hydrogen-bond acceptors (Lipinski definition) is 4. The minimum Gasteiger partial charge on any atom is -0.490 e. The van der Waals surface area contributed by atoms with E-state index in [2.05, 4.69) is 22.2 Å². The number of nitrogens with one attached hydrogen (secondary N) is 1. The van der Waals surface area contributed by atoms with E-state index < -0.39 is 0 Å². The zero-order valence-corrected chi connectivity index (χ0v) is 11.5. The van der Waals surface area contributed by atoms with Crippen LogP contribution >= 0.6 is 0 Å². The number of hydrogen-bond donors (Lipinski definition) is 1. The molecule has 0 unspecified atom stereocenters. The number of nitrogens with zero attached hydrogens (tertiary/aromatic N) is 2. The standard InChI is InChI=1S/C15H21N3O/c1-18-5-3-13-12(8-18)14(2-4-17-13)19-11-6-15(7-11)9-16-10-15/h2,4,11,16H,3,5-10H2,1H3. The van der Waals surface area contributed by atoms with Crippen molar-refractivity contribution in [2.45, 2.75) is 31.9 Å². The summed E-state index contributed by atoms with van der Waals surface area (Å²) in [5.74, 6) is 1.07. The minimum absolute atomic E-state index is 0.417. The predicted octanol–water partition coefficient (Wildman–Crippen LogP) is 1.20. The quantitative estimate of drug-likeness (QED) is 0.866. The van der Waals surface area contributed by atoms with Crippen LogP contribution in [0.2, 0.25) is 0 Å². The van der Waals surface area contributed by atoms with E-state index in [9.17, 15) is 0 Å². The summed E-state index contributed by atoms with van der Waals surface area (Å²) in [4.78, 5) is 6.85. The molecule has 4 nitrogen and oxygen atoms in total. The van der Waals surface area contributed by atoms with Crippen LogP contribution in [0.3, 0.4) is 0 Å². The maximum absolute atomic E-state index is 6.23. The van der Waals surface area contributed by atoms with Crippen LogP contribution in [0.5, 0.6) is 5.75 Å². The molecule has 1 aliphatic carbocycles. The fraction of sp³-hybridized carbons (Fsp3) is 0.667. The molecule has 0 radical (unpaired) electrons. The number of pyridine rings is 1. The molecule has 2 aliphatic heterocycles. The second-order valence-corrected chi connectivity index (χ2v) is 6.47. The van der Waals surface area contributed by atoms with Crippen LogP contribution in [0.25, 0.3) is 0 Å². The number of fused-ring (bicyclic) bond motifs is 1. The van der Waals surface area contributed by atoms with E-state index in [0.29, 0.717) is 11.5 Å². The largest absolute Gasteiger partial charge is 0.490 e. The highest BCUT2D eigenvalue weighted by Gasteiger charge is 2.49. The van der Waals surface area contributed by atoms with Gasteiger partial charge in [-0.2, -0.15) is 0 Å². The van der Waals surface area contributed by atoms with Crippen molar-refractivity contribution >= 4 is 0 Å². The molecule has 4 rings (SSSR count). The molecule has 1 saturated heterocycles. The third-order valence-corrected chi connectivity index (χ3v) is 4.88. The lowest BCUT2D eigenvalue weighted by molar-refractivity contribution is -0.0502. The highest BCUT2D eigenvalue weighted by molar-refractivity contribution is 5.37. The van der Waals surface area contributed by atoms with E-state index in [1.165, 1.54) is 37.2 Å². The smallest absolute Gasteiger partial charge is 0.127 e. The van der Waals surface area contributed by atoms with Crippen LogP contribution in [-0.4, -0.2) is 42.7 Å². The summed E-state index contributed by atoms with van der Waals surface area (Å²) in [5, 5.41) is 3.37. The molecular formula is C15H21N3O. The minimum atomic E-state index is 0.417. The van der Waals surface area contributed by atoms with Crippen LogP contribution in [0.1, 0.15) is 24.1 Å². The molecule has 2 fully saturated rings. The molecule has 1 N–H and O–H groups in total. The number of likely N-dealkylation sites (N-methyl/N-ethyl adjacent to an activating group) is 1. The Balaban J connectivity index is 1.49. The van der Waals surface area contributed by atoms with Crippen molar-refractivity contribution in [1.82, 2.24) is 15.2 Å². The van der Waals surface area contributed by atoms with Crippen molar-refractivity contribution < 1.29 is 4.74 Å². The highest BCUT2D eigenvalue weighted by atomic mass is 16.5. The Bertz CT molecular complexity index is 490. The van der Waals surface area contributed by atoms with Gasteiger partial charge in [0, 0.05) is 55.5 Å². The van der Waals surface area contributed by atoms with E-state index in [-0.39, 0.29) is 0 Å². The van der Waals surface area contributed by atoms with Gasteiger partial charge in [-0.3, -0.25) is 4.98 Å². The summed E-state index contributed by atoms with van der Waals surface area (Å²) in [6.45, 7) is 4.44. The Labute approximate surface area is 114 Å². The van der Waals surface area contributed by atoms with E-state index in [1.54, 1.807) is 0 Å². The van der Waals surface area contributed by atoms with Gasteiger partial charge in [-0.25, -0.2) is 0 Å². The molecular weight excluding hydrogens is 238 g/mol. The maximum Gasteiger partial charge on any atom is 0.127 e. The van der Waals surface area contributed by atoms with Gasteiger partial charge < -0.3 is 15.0 Å². The summed E-state index contributed by atoms with van der Waals surface area (Å²) >= 11 is 0. The average Bonchev–Trinajstić information content (AvgIpc) is 2.31. The first kappa shape index (κ1) is 11.7. The van der Waals surface area contributed by atoms with Gasteiger partial charge in [-0.15, -0.1) is 0 Å². The van der Waals surface area contributed by atoms with Crippen molar-refractivity contribution in [2.75, 3.05) is 26.7 Å². The fourth-order valence-corrected chi connectivity index (χ4v) is 3.59. The highest BCUT2D eigenvalue weighted by Crippen LogP contribution is 2.46. The molecule has 0 atom stereocenters. The van der Waals surface area contributed by atoms with Crippen molar-refractivity contribution in [3.05, 3.63) is 23.5 Å². The first-order valence-electron chi connectivity index (χ1n) is 7.27. The average molecular weight is 259 g/mol. The molecule has 0 amide bonds. The molecule has 1 aromatic heterocycles. The number of ether oxygens (including phenoxy) is 1. The lowest BCUT2D eigenvalue weighted by Crippen LogP contribution is -2.62. The second kappa shape index (κ2) is 4.18. The molecule has 3 heterocycles. The molecule has 3 aliphatic rings. The SMILES string of the molecule is CN1CCc2nccc(OC3CC4(CNC4)C3)c2C1. The second-order valence-electron chi connectivity index (χ2n) is 6.47. The van der Waals surface area contributed by atoms with Crippen LogP contribution in [0.15, 0.2) is 12.3 Å². The monoisotopic (exact) mass is 259 g/mol. The van der Waals surface area contributed by atoms with Gasteiger partial charge in [-0.1, -0.05) is 0 Å². The summed E-state index contributed by atoms with van der Waals surface area (Å²) in [7, 11) is 2.16. The molecule has 0 bridgehead atoms. The molecule has 1 spiro atoms. The third kappa shape index (κ3) is 1.94. The molecule has 1 aromatic rings. The summed E-state index contributed by atoms with van der Waals surface area (Å²) in [6.07, 6.45) is 5.79. The maximum atomic E-state index is 6.23. The lowest BCUT2D eigenvalue weighted by atomic mass is 9.63. The summed E-state index contributed by atoms with van der Waals surface area (Å²) in [5.41, 5.74) is 3.12. The van der Waals surface area contributed by atoms with Crippen molar-refractivity contribution in [3.8, 4) is 5.75 Å². The van der Waals surface area contributed by atoms with E-state index in [4.69, 9.17) is 4.74 Å². The normalized spacial score (nSPS) is 25.5. The third-order valence-electron chi connectivity index (χ3n) is 4.88. The lowest BCUT2D eigenvalue weighted by Gasteiger charge is -2.53. The van der Waals surface area contributed by atoms with Gasteiger partial charge in [0.15, 0.2) is 0 Å². The molecule has 1 saturated carbocycles. The Morgan fingerprint density at radius 1 is 1.42 bits per heavy atom. The molecule has 19 heavy (non-hydrogen) atoms. The Hall–Kier alpha value is -1.13. The van der Waals surface area contributed by atoms with Crippen molar-refractivity contribution in [3.63, 3.8) is 0 Å². The Morgan fingerprint density at radius 2 is 2.26 bits per heavy atom. The molecule has 0 aromatic carbocycles. The molecule has 102 valence electrons. The van der Waals surface area contributed by atoms with Gasteiger partial charge >= 0.3 is 0 Å². The van der Waals surface area contributed by atoms with Crippen LogP contribution in [0.4, 0.5) is 0 Å². The topological polar surface area (TPSA) is 37.4 Å². The van der Waals surface area contributed by atoms with E-state index >= 15 is 0 Å². The van der Waals surface area contributed by atoms with Gasteiger partial charge in [0.05, 0.1) is 6.10 Å². The van der Waals surface area contributed by atoms with Crippen LogP contribution in [-0.2, 0) is 13.0 Å². The molecule has 4 heteroatoms. The first-order chi connectivity index (χ1) is 9.24. The van der Waals surface area contributed by atoms with Crippen LogP contribution in [0, 0.1) is 5.41 Å². The van der Waals surface area contributed by atoms with Gasteiger partial charge in [0.25, 0.3) is 0 Å². The van der Waals surface area contributed by atoms with Gasteiger partial charge in [0.2, 0.25) is 0 Å². The fourth-order valence-electron chi connectivity index (χ4n) is 3.59. The van der Waals surface area contributed by atoms with E-state index in [0.717, 1.165) is 25.3 Å². The first-order valence-corrected chi connectivity index (χ1v) is 7.27. The number of aromatic nitrogens is 1. The van der Waals surface area contributed by atoms with Gasteiger partial charge in [-0.05, 0) is 26.0 Å². The Morgan fingerprint density at radius 3 is 3.00 bits per heavy atom. The van der Waals surface area contributed by atoms with Crippen molar-refractivity contribution in [2.24, 2.45) is 5.41 Å².